The van der Waals surface area contributed by atoms with E-state index in [1.807, 2.05) is 13.8 Å². The lowest BCUT2D eigenvalue weighted by Crippen LogP contribution is -2.15. The van der Waals surface area contributed by atoms with Crippen molar-refractivity contribution in [3.63, 3.8) is 0 Å². The summed E-state index contributed by atoms with van der Waals surface area (Å²) in [5, 5.41) is 8.53. The smallest absolute Gasteiger partial charge is 0.305 e. The van der Waals surface area contributed by atoms with E-state index in [0.29, 0.717) is 119 Å². The number of unbranched alkanes of at least 4 members (excludes halogenated alkanes) is 1. The number of hydrogen-bond acceptors (Lipinski definition) is 12. The van der Waals surface area contributed by atoms with Gasteiger partial charge >= 0.3 is 11.9 Å². The van der Waals surface area contributed by atoms with Gasteiger partial charge in [0.2, 0.25) is 0 Å². The molecule has 1 N–H and O–H groups in total. The highest BCUT2D eigenvalue weighted by Gasteiger charge is 2.04. The Kier molecular flexibility index (Phi) is 31.0. The summed E-state index contributed by atoms with van der Waals surface area (Å²) in [6.07, 6.45) is 1.47. The number of carboxylic acids is 1. The summed E-state index contributed by atoms with van der Waals surface area (Å²) in [5.74, 6) is -1.20. The molecule has 0 heterocycles. The Morgan fingerprint density at radius 2 is 0.775 bits per heavy atom. The predicted molar refractivity (Wildman–Crippen MR) is 145 cm³/mol. The van der Waals surface area contributed by atoms with E-state index in [-0.39, 0.29) is 38.1 Å². The molecule has 0 saturated carbocycles. The van der Waals surface area contributed by atoms with Crippen LogP contribution in [0.15, 0.2) is 0 Å². The average Bonchev–Trinajstić information content (AvgIpc) is 2.92. The molecule has 13 heteroatoms. The third-order valence-electron chi connectivity index (χ3n) is 4.80. The first-order valence-corrected chi connectivity index (χ1v) is 14.1. The highest BCUT2D eigenvalue weighted by atomic mass is 16.6. The van der Waals surface area contributed by atoms with Crippen molar-refractivity contribution in [3.8, 4) is 0 Å². The van der Waals surface area contributed by atoms with Crippen LogP contribution >= 0.6 is 0 Å². The minimum Gasteiger partial charge on any atom is -0.481 e. The van der Waals surface area contributed by atoms with E-state index in [0.717, 1.165) is 0 Å². The molecule has 0 atom stereocenters. The number of esters is 1. The molecule has 13 nitrogen and oxygen atoms in total. The second-order valence-corrected chi connectivity index (χ2v) is 8.64. The second kappa shape index (κ2) is 32.1. The molecule has 0 aliphatic heterocycles. The Morgan fingerprint density at radius 1 is 0.475 bits per heavy atom. The molecular formula is C27H52O13. The number of ether oxygens (including phenoxy) is 10. The molecule has 0 spiro atoms. The van der Waals surface area contributed by atoms with Gasteiger partial charge in [-0.2, -0.15) is 0 Å². The van der Waals surface area contributed by atoms with Crippen LogP contribution in [0.25, 0.3) is 0 Å². The van der Waals surface area contributed by atoms with E-state index in [1.54, 1.807) is 0 Å². The van der Waals surface area contributed by atoms with Crippen LogP contribution in [0.3, 0.4) is 0 Å². The van der Waals surface area contributed by atoms with Gasteiger partial charge in [0, 0.05) is 12.8 Å². The van der Waals surface area contributed by atoms with Crippen molar-refractivity contribution in [2.45, 2.75) is 45.6 Å². The number of hydrogen-bond donors (Lipinski definition) is 1. The molecule has 0 amide bonds. The van der Waals surface area contributed by atoms with Crippen molar-refractivity contribution < 1.29 is 62.1 Å². The Hall–Kier alpha value is -1.42. The van der Waals surface area contributed by atoms with Crippen LogP contribution < -0.4 is 0 Å². The molecule has 0 saturated heterocycles. The minimum absolute atomic E-state index is 0.0631. The van der Waals surface area contributed by atoms with Crippen molar-refractivity contribution in [1.82, 2.24) is 0 Å². The van der Waals surface area contributed by atoms with E-state index < -0.39 is 5.97 Å². The van der Waals surface area contributed by atoms with E-state index >= 15 is 0 Å². The first-order valence-electron chi connectivity index (χ1n) is 14.1. The maximum absolute atomic E-state index is 11.4. The number of carboxylic acid groups (broad SMARTS) is 1. The highest BCUT2D eigenvalue weighted by Crippen LogP contribution is 2.01. The monoisotopic (exact) mass is 584 g/mol. The number of aliphatic carboxylic acids is 1. The number of carbonyl (C=O) groups excluding carboxylic acids is 1. The van der Waals surface area contributed by atoms with Gasteiger partial charge in [0.25, 0.3) is 0 Å². The summed E-state index contributed by atoms with van der Waals surface area (Å²) in [5.41, 5.74) is 0. The van der Waals surface area contributed by atoms with Gasteiger partial charge in [0.15, 0.2) is 0 Å². The number of carbonyl (C=O) groups is 2. The van der Waals surface area contributed by atoms with Crippen molar-refractivity contribution >= 4 is 11.9 Å². The van der Waals surface area contributed by atoms with E-state index in [1.165, 1.54) is 0 Å². The molecule has 0 rings (SSSR count). The molecule has 0 unspecified atom stereocenters. The van der Waals surface area contributed by atoms with Crippen molar-refractivity contribution in [2.24, 2.45) is 0 Å². The molecule has 0 aromatic carbocycles. The zero-order valence-electron chi connectivity index (χ0n) is 24.5. The molecule has 0 aliphatic carbocycles. The average molecular weight is 585 g/mol. The number of rotatable bonds is 33. The maximum atomic E-state index is 11.4. The molecular weight excluding hydrogens is 532 g/mol. The fourth-order valence-electron chi connectivity index (χ4n) is 2.82. The maximum Gasteiger partial charge on any atom is 0.305 e. The van der Waals surface area contributed by atoms with Crippen molar-refractivity contribution in [3.05, 3.63) is 0 Å². The summed E-state index contributed by atoms with van der Waals surface area (Å²) in [6.45, 7) is 12.4. The van der Waals surface area contributed by atoms with Gasteiger partial charge in [-0.1, -0.05) is 0 Å². The van der Waals surface area contributed by atoms with Crippen LogP contribution in [0.2, 0.25) is 0 Å². The summed E-state index contributed by atoms with van der Waals surface area (Å²) in [6, 6.07) is 0. The summed E-state index contributed by atoms with van der Waals surface area (Å²) in [4.78, 5) is 21.8. The third-order valence-corrected chi connectivity index (χ3v) is 4.80. The minimum atomic E-state index is -0.861. The van der Waals surface area contributed by atoms with Crippen LogP contribution in [-0.2, 0) is 57.0 Å². The highest BCUT2D eigenvalue weighted by molar-refractivity contribution is 5.69. The Labute approximate surface area is 238 Å². The fourth-order valence-corrected chi connectivity index (χ4v) is 2.82. The van der Waals surface area contributed by atoms with Crippen LogP contribution in [0.5, 0.6) is 0 Å². The predicted octanol–water partition coefficient (Wildman–Crippen LogP) is 1.73. The van der Waals surface area contributed by atoms with Gasteiger partial charge in [-0.15, -0.1) is 0 Å². The van der Waals surface area contributed by atoms with Crippen molar-refractivity contribution in [1.29, 1.82) is 0 Å². The van der Waals surface area contributed by atoms with E-state index in [2.05, 4.69) is 0 Å². The lowest BCUT2D eigenvalue weighted by atomic mass is 10.2. The Balaban J connectivity index is 3.10. The lowest BCUT2D eigenvalue weighted by molar-refractivity contribution is -0.146. The summed E-state index contributed by atoms with van der Waals surface area (Å²) < 4.78 is 53.6. The zero-order valence-corrected chi connectivity index (χ0v) is 24.5. The quantitative estimate of drug-likeness (QED) is 0.0883. The van der Waals surface area contributed by atoms with Crippen LogP contribution in [0, 0.1) is 0 Å². The first kappa shape index (κ1) is 38.6. The molecule has 0 radical (unpaired) electrons. The molecule has 0 aromatic rings. The molecule has 40 heavy (non-hydrogen) atoms. The molecule has 0 aliphatic rings. The van der Waals surface area contributed by atoms with Gasteiger partial charge < -0.3 is 52.5 Å². The van der Waals surface area contributed by atoms with Gasteiger partial charge in [0.05, 0.1) is 118 Å². The zero-order chi connectivity index (χ0) is 29.4. The molecule has 0 fully saturated rings. The summed E-state index contributed by atoms with van der Waals surface area (Å²) in [7, 11) is 0. The molecule has 0 aromatic heterocycles. The van der Waals surface area contributed by atoms with Crippen molar-refractivity contribution in [2.75, 3.05) is 119 Å². The fraction of sp³-hybridized carbons (Fsp3) is 0.926. The van der Waals surface area contributed by atoms with Gasteiger partial charge in [-0.05, 0) is 26.7 Å². The van der Waals surface area contributed by atoms with Crippen LogP contribution in [0.4, 0.5) is 0 Å². The Bertz CT molecular complexity index is 549. The van der Waals surface area contributed by atoms with E-state index in [9.17, 15) is 9.59 Å². The Morgan fingerprint density at radius 3 is 1.10 bits per heavy atom. The summed E-state index contributed by atoms with van der Waals surface area (Å²) >= 11 is 0. The largest absolute Gasteiger partial charge is 0.481 e. The van der Waals surface area contributed by atoms with Gasteiger partial charge in [-0.25, -0.2) is 0 Å². The van der Waals surface area contributed by atoms with Crippen LogP contribution in [-0.4, -0.2) is 142 Å². The topological polar surface area (TPSA) is 147 Å². The third kappa shape index (κ3) is 34.6. The normalized spacial score (nSPS) is 11.4. The van der Waals surface area contributed by atoms with Gasteiger partial charge in [-0.3, -0.25) is 9.59 Å². The first-order chi connectivity index (χ1) is 19.5. The van der Waals surface area contributed by atoms with E-state index in [4.69, 9.17) is 52.5 Å². The standard InChI is InChI=1S/C27H52O13/c1-25(2)39-23-21-37-19-17-35-15-13-33-11-9-31-7-8-32-10-12-34-14-16-36-18-20-38-22-24-40-27(30)6-4-3-5-26(28)29/h25H,3-24H2,1-2H3,(H,28,29). The lowest BCUT2D eigenvalue weighted by Gasteiger charge is -2.09. The van der Waals surface area contributed by atoms with Crippen LogP contribution in [0.1, 0.15) is 39.5 Å². The molecule has 0 bridgehead atoms. The molecule has 238 valence electrons. The second-order valence-electron chi connectivity index (χ2n) is 8.64. The van der Waals surface area contributed by atoms with Gasteiger partial charge in [0.1, 0.15) is 6.61 Å². The SMILES string of the molecule is CC(C)OCCOCCOCCOCCOCCOCCOCCOCCOCCOC(=O)CCCCC(=O)O.